The smallest absolute Gasteiger partial charge is 0.175 e. The van der Waals surface area contributed by atoms with Crippen molar-refractivity contribution >= 4 is 68.0 Å². The Morgan fingerprint density at radius 1 is 0.867 bits per heavy atom. The molecule has 0 spiro atoms. The van der Waals surface area contributed by atoms with Crippen LogP contribution in [-0.4, -0.2) is 6.61 Å². The molecule has 0 fully saturated rings. The van der Waals surface area contributed by atoms with E-state index in [2.05, 4.69) is 21.2 Å². The van der Waals surface area contributed by atoms with Crippen molar-refractivity contribution in [1.82, 2.24) is 0 Å². The summed E-state index contributed by atoms with van der Waals surface area (Å²) in [6, 6.07) is 14.5. The number of anilines is 1. The highest BCUT2D eigenvalue weighted by Gasteiger charge is 2.14. The second-order valence-corrected chi connectivity index (χ2v) is 8.88. The van der Waals surface area contributed by atoms with Gasteiger partial charge in [-0.15, -0.1) is 0 Å². The van der Waals surface area contributed by atoms with Gasteiger partial charge in [0.25, 0.3) is 0 Å². The van der Waals surface area contributed by atoms with Gasteiger partial charge in [-0.3, -0.25) is 0 Å². The van der Waals surface area contributed by atoms with Crippen molar-refractivity contribution in [2.75, 3.05) is 11.9 Å². The molecule has 0 aromatic heterocycles. The number of halogens is 5. The quantitative estimate of drug-likeness (QED) is 0.305. The number of hydrogen-bond donors (Lipinski definition) is 1. The van der Waals surface area contributed by atoms with Gasteiger partial charge in [0, 0.05) is 27.2 Å². The van der Waals surface area contributed by atoms with Crippen molar-refractivity contribution in [3.8, 4) is 11.5 Å². The normalized spacial score (nSPS) is 10.7. The molecule has 3 aromatic rings. The number of rotatable bonds is 8. The van der Waals surface area contributed by atoms with E-state index in [0.29, 0.717) is 44.7 Å². The van der Waals surface area contributed by atoms with Crippen LogP contribution < -0.4 is 14.8 Å². The van der Waals surface area contributed by atoms with E-state index in [0.717, 1.165) is 21.3 Å². The highest BCUT2D eigenvalue weighted by Crippen LogP contribution is 2.38. The summed E-state index contributed by atoms with van der Waals surface area (Å²) >= 11 is 28.1. The Kier molecular flexibility index (Phi) is 8.44. The Balaban J connectivity index is 1.78. The van der Waals surface area contributed by atoms with Gasteiger partial charge in [0.1, 0.15) is 6.61 Å². The van der Waals surface area contributed by atoms with Crippen LogP contribution in [0.4, 0.5) is 5.69 Å². The zero-order valence-corrected chi connectivity index (χ0v) is 20.6. The minimum atomic E-state index is 0.282. The second-order valence-electron chi connectivity index (χ2n) is 6.34. The molecule has 3 aromatic carbocycles. The third-order valence-corrected chi connectivity index (χ3v) is 5.91. The Hall–Kier alpha value is -1.30. The minimum Gasteiger partial charge on any atom is -0.490 e. The Bertz CT molecular complexity index is 1050. The van der Waals surface area contributed by atoms with E-state index in [-0.39, 0.29) is 6.61 Å². The number of hydrogen-bond acceptors (Lipinski definition) is 3. The lowest BCUT2D eigenvalue weighted by molar-refractivity contribution is 0.267. The predicted octanol–water partition coefficient (Wildman–Crippen LogP) is 8.65. The Morgan fingerprint density at radius 2 is 1.60 bits per heavy atom. The lowest BCUT2D eigenvalue weighted by Gasteiger charge is -2.17. The van der Waals surface area contributed by atoms with Gasteiger partial charge >= 0.3 is 0 Å². The summed E-state index contributed by atoms with van der Waals surface area (Å²) in [6.07, 6.45) is 0. The molecule has 0 saturated heterocycles. The maximum atomic E-state index is 6.25. The van der Waals surface area contributed by atoms with Crippen molar-refractivity contribution in [3.05, 3.63) is 84.2 Å². The van der Waals surface area contributed by atoms with E-state index in [1.54, 1.807) is 30.3 Å². The lowest BCUT2D eigenvalue weighted by Crippen LogP contribution is -2.04. The molecule has 0 aliphatic carbocycles. The molecule has 0 aliphatic heterocycles. The summed E-state index contributed by atoms with van der Waals surface area (Å²) in [5.41, 5.74) is 2.57. The van der Waals surface area contributed by atoms with Gasteiger partial charge in [-0.2, -0.15) is 0 Å². The average molecular weight is 550 g/mol. The molecule has 1 N–H and O–H groups in total. The fraction of sp³-hybridized carbons (Fsp3) is 0.182. The molecule has 0 unspecified atom stereocenters. The summed E-state index contributed by atoms with van der Waals surface area (Å²) in [6.45, 7) is 3.23. The van der Waals surface area contributed by atoms with Gasteiger partial charge in [-0.05, 0) is 70.9 Å². The molecule has 158 valence electrons. The van der Waals surface area contributed by atoms with Crippen molar-refractivity contribution in [3.63, 3.8) is 0 Å². The molecule has 3 rings (SSSR count). The van der Waals surface area contributed by atoms with Gasteiger partial charge < -0.3 is 14.8 Å². The largest absolute Gasteiger partial charge is 0.490 e. The molecule has 0 saturated carbocycles. The number of benzene rings is 3. The van der Waals surface area contributed by atoms with E-state index in [1.165, 1.54) is 0 Å². The monoisotopic (exact) mass is 547 g/mol. The van der Waals surface area contributed by atoms with Gasteiger partial charge in [-0.25, -0.2) is 0 Å². The van der Waals surface area contributed by atoms with E-state index in [1.807, 2.05) is 25.1 Å². The number of nitrogens with one attached hydrogen (secondary N) is 1. The topological polar surface area (TPSA) is 30.5 Å². The van der Waals surface area contributed by atoms with E-state index in [9.17, 15) is 0 Å². The summed E-state index contributed by atoms with van der Waals surface area (Å²) in [5.74, 6) is 1.23. The van der Waals surface area contributed by atoms with Crippen molar-refractivity contribution in [1.29, 1.82) is 0 Å². The molecule has 8 heteroatoms. The standard InChI is InChI=1S/C22H18BrCl4NO2/c1-2-29-21-8-13(11-28-20-10-16(25)5-6-18(20)26)7-17(23)22(21)30-12-14-3-4-15(24)9-19(14)27/h3-10,28H,2,11-12H2,1H3. The van der Waals surface area contributed by atoms with Crippen molar-refractivity contribution < 1.29 is 9.47 Å². The van der Waals surface area contributed by atoms with Crippen molar-refractivity contribution in [2.24, 2.45) is 0 Å². The second kappa shape index (κ2) is 10.8. The van der Waals surface area contributed by atoms with Gasteiger partial charge in [-0.1, -0.05) is 52.5 Å². The highest BCUT2D eigenvalue weighted by atomic mass is 79.9. The van der Waals surface area contributed by atoms with Crippen LogP contribution in [0.25, 0.3) is 0 Å². The molecular weight excluding hydrogens is 532 g/mol. The first-order valence-corrected chi connectivity index (χ1v) is 11.4. The summed E-state index contributed by atoms with van der Waals surface area (Å²) < 4.78 is 12.6. The molecule has 0 radical (unpaired) electrons. The summed E-state index contributed by atoms with van der Waals surface area (Å²) in [7, 11) is 0. The van der Waals surface area contributed by atoms with Crippen LogP contribution in [0, 0.1) is 0 Å². The van der Waals surface area contributed by atoms with Crippen LogP contribution in [0.2, 0.25) is 20.1 Å². The zero-order valence-electron chi connectivity index (χ0n) is 15.9. The molecule has 0 heterocycles. The zero-order chi connectivity index (χ0) is 21.7. The SMILES string of the molecule is CCOc1cc(CNc2cc(Cl)ccc2Cl)cc(Br)c1OCc1ccc(Cl)cc1Cl. The van der Waals surface area contributed by atoms with Crippen LogP contribution in [0.15, 0.2) is 53.0 Å². The van der Waals surface area contributed by atoms with Gasteiger partial charge in [0.05, 0.1) is 21.8 Å². The average Bonchev–Trinajstić information content (AvgIpc) is 2.69. The molecule has 0 amide bonds. The maximum Gasteiger partial charge on any atom is 0.175 e. The van der Waals surface area contributed by atoms with Gasteiger partial charge in [0.2, 0.25) is 0 Å². The number of ether oxygens (including phenoxy) is 2. The van der Waals surface area contributed by atoms with Crippen LogP contribution in [0.1, 0.15) is 18.1 Å². The highest BCUT2D eigenvalue weighted by molar-refractivity contribution is 9.10. The first-order chi connectivity index (χ1) is 14.4. The Labute approximate surface area is 204 Å². The van der Waals surface area contributed by atoms with Crippen LogP contribution >= 0.6 is 62.3 Å². The first-order valence-electron chi connectivity index (χ1n) is 9.08. The minimum absolute atomic E-state index is 0.282. The van der Waals surface area contributed by atoms with Gasteiger partial charge in [0.15, 0.2) is 11.5 Å². The molecular formula is C22H18BrCl4NO2. The van der Waals surface area contributed by atoms with Crippen LogP contribution in [0.3, 0.4) is 0 Å². The fourth-order valence-electron chi connectivity index (χ4n) is 2.75. The fourth-order valence-corrected chi connectivity index (χ4v) is 4.17. The lowest BCUT2D eigenvalue weighted by atomic mass is 10.2. The summed E-state index contributed by atoms with van der Waals surface area (Å²) in [5, 5.41) is 5.64. The van der Waals surface area contributed by atoms with Crippen LogP contribution in [0.5, 0.6) is 11.5 Å². The van der Waals surface area contributed by atoms with Crippen molar-refractivity contribution in [2.45, 2.75) is 20.1 Å². The van der Waals surface area contributed by atoms with E-state index >= 15 is 0 Å². The van der Waals surface area contributed by atoms with Crippen LogP contribution in [-0.2, 0) is 13.2 Å². The third-order valence-electron chi connectivity index (χ3n) is 4.17. The first kappa shape index (κ1) is 23.4. The van der Waals surface area contributed by atoms with E-state index in [4.69, 9.17) is 55.9 Å². The molecule has 0 bridgehead atoms. The molecule has 3 nitrogen and oxygen atoms in total. The molecule has 30 heavy (non-hydrogen) atoms. The Morgan fingerprint density at radius 3 is 2.33 bits per heavy atom. The third kappa shape index (κ3) is 6.12. The van der Waals surface area contributed by atoms with E-state index < -0.39 is 0 Å². The summed E-state index contributed by atoms with van der Waals surface area (Å²) in [4.78, 5) is 0. The molecule has 0 aliphatic rings. The molecule has 0 atom stereocenters. The maximum absolute atomic E-state index is 6.25. The predicted molar refractivity (Wildman–Crippen MR) is 130 cm³/mol.